The van der Waals surface area contributed by atoms with Crippen molar-refractivity contribution in [3.05, 3.63) is 0 Å². The fourth-order valence-corrected chi connectivity index (χ4v) is 3.20. The van der Waals surface area contributed by atoms with Crippen molar-refractivity contribution in [3.63, 3.8) is 0 Å². The molecule has 0 radical (unpaired) electrons. The number of rotatable bonds is 19. The predicted molar refractivity (Wildman–Crippen MR) is 110 cm³/mol. The fourth-order valence-electron chi connectivity index (χ4n) is 3.20. The number of hydrogen-bond donors (Lipinski definition) is 0. The van der Waals surface area contributed by atoms with Crippen LogP contribution in [0.4, 0.5) is 0 Å². The molecule has 0 spiro atoms. The van der Waals surface area contributed by atoms with E-state index in [9.17, 15) is 4.79 Å². The standard InChI is InChI=1S/C23H46O2/c1-4-5-6-7-8-9-10-11-12-13-14-15-16-20-23(24)25-21-18-17-19-22(2)3/h22H,4-21H2,1-3H3. The summed E-state index contributed by atoms with van der Waals surface area (Å²) in [6.45, 7) is 7.36. The summed E-state index contributed by atoms with van der Waals surface area (Å²) >= 11 is 0. The zero-order chi connectivity index (χ0) is 18.6. The second-order valence-corrected chi connectivity index (χ2v) is 8.10. The molecule has 0 bridgehead atoms. The van der Waals surface area contributed by atoms with Crippen LogP contribution in [0.3, 0.4) is 0 Å². The van der Waals surface area contributed by atoms with Gasteiger partial charge >= 0.3 is 5.97 Å². The van der Waals surface area contributed by atoms with Crippen LogP contribution in [0, 0.1) is 5.92 Å². The van der Waals surface area contributed by atoms with Crippen molar-refractivity contribution >= 4 is 5.97 Å². The van der Waals surface area contributed by atoms with E-state index in [1.165, 1.54) is 89.9 Å². The Bertz CT molecular complexity index is 273. The van der Waals surface area contributed by atoms with Crippen LogP contribution in [0.25, 0.3) is 0 Å². The average Bonchev–Trinajstić information content (AvgIpc) is 2.58. The van der Waals surface area contributed by atoms with Gasteiger partial charge in [-0.25, -0.2) is 0 Å². The van der Waals surface area contributed by atoms with Gasteiger partial charge in [-0.05, 0) is 25.2 Å². The van der Waals surface area contributed by atoms with Crippen LogP contribution < -0.4 is 0 Å². The Morgan fingerprint density at radius 2 is 1.16 bits per heavy atom. The first-order valence-corrected chi connectivity index (χ1v) is 11.3. The third kappa shape index (κ3) is 21.4. The molecule has 0 rings (SSSR count). The third-order valence-electron chi connectivity index (χ3n) is 4.92. The number of carbonyl (C=O) groups excluding carboxylic acids is 1. The normalized spacial score (nSPS) is 11.2. The van der Waals surface area contributed by atoms with Crippen molar-refractivity contribution in [1.29, 1.82) is 0 Å². The van der Waals surface area contributed by atoms with Crippen molar-refractivity contribution in [3.8, 4) is 0 Å². The second kappa shape index (κ2) is 19.8. The van der Waals surface area contributed by atoms with Gasteiger partial charge in [0.05, 0.1) is 6.61 Å². The molecular formula is C23H46O2. The van der Waals surface area contributed by atoms with E-state index in [0.29, 0.717) is 13.0 Å². The summed E-state index contributed by atoms with van der Waals surface area (Å²) < 4.78 is 5.29. The molecule has 0 N–H and O–H groups in total. The monoisotopic (exact) mass is 354 g/mol. The maximum Gasteiger partial charge on any atom is 0.305 e. The van der Waals surface area contributed by atoms with E-state index in [4.69, 9.17) is 4.74 Å². The van der Waals surface area contributed by atoms with Crippen LogP contribution in [0.1, 0.15) is 130 Å². The van der Waals surface area contributed by atoms with E-state index < -0.39 is 0 Å². The van der Waals surface area contributed by atoms with Gasteiger partial charge < -0.3 is 4.74 Å². The summed E-state index contributed by atoms with van der Waals surface area (Å²) in [7, 11) is 0. The summed E-state index contributed by atoms with van der Waals surface area (Å²) in [5, 5.41) is 0. The Balaban J connectivity index is 3.13. The number of hydrogen-bond acceptors (Lipinski definition) is 2. The van der Waals surface area contributed by atoms with E-state index in [0.717, 1.165) is 18.8 Å². The van der Waals surface area contributed by atoms with E-state index in [2.05, 4.69) is 20.8 Å². The van der Waals surface area contributed by atoms with Crippen molar-refractivity contribution in [2.45, 2.75) is 130 Å². The van der Waals surface area contributed by atoms with Gasteiger partial charge in [-0.1, -0.05) is 104 Å². The molecule has 0 aliphatic rings. The van der Waals surface area contributed by atoms with Crippen LogP contribution >= 0.6 is 0 Å². The van der Waals surface area contributed by atoms with Crippen molar-refractivity contribution in [2.75, 3.05) is 6.61 Å². The molecule has 0 aromatic carbocycles. The lowest BCUT2D eigenvalue weighted by Gasteiger charge is -2.06. The van der Waals surface area contributed by atoms with Gasteiger partial charge in [-0.15, -0.1) is 0 Å². The first kappa shape index (κ1) is 24.5. The minimum Gasteiger partial charge on any atom is -0.466 e. The Labute approximate surface area is 158 Å². The fraction of sp³-hybridized carbons (Fsp3) is 0.957. The number of carbonyl (C=O) groups is 1. The molecule has 0 aliphatic heterocycles. The molecule has 25 heavy (non-hydrogen) atoms. The smallest absolute Gasteiger partial charge is 0.305 e. The minimum absolute atomic E-state index is 0.00706. The second-order valence-electron chi connectivity index (χ2n) is 8.10. The highest BCUT2D eigenvalue weighted by atomic mass is 16.5. The van der Waals surface area contributed by atoms with E-state index in [1.54, 1.807) is 0 Å². The molecule has 2 nitrogen and oxygen atoms in total. The maximum absolute atomic E-state index is 11.6. The number of unbranched alkanes of at least 4 members (excludes halogenated alkanes) is 13. The molecule has 0 saturated heterocycles. The number of ether oxygens (including phenoxy) is 1. The third-order valence-corrected chi connectivity index (χ3v) is 4.92. The van der Waals surface area contributed by atoms with Crippen LogP contribution in [-0.4, -0.2) is 12.6 Å². The molecule has 0 atom stereocenters. The lowest BCUT2D eigenvalue weighted by Crippen LogP contribution is -2.05. The molecular weight excluding hydrogens is 308 g/mol. The van der Waals surface area contributed by atoms with Gasteiger partial charge in [0.1, 0.15) is 0 Å². The molecule has 0 unspecified atom stereocenters. The quantitative estimate of drug-likeness (QED) is 0.174. The van der Waals surface area contributed by atoms with Crippen LogP contribution in [0.15, 0.2) is 0 Å². The van der Waals surface area contributed by atoms with E-state index in [1.807, 2.05) is 0 Å². The molecule has 0 aliphatic carbocycles. The SMILES string of the molecule is CCCCCCCCCCCCCCCC(=O)OCCCCC(C)C. The van der Waals surface area contributed by atoms with E-state index >= 15 is 0 Å². The van der Waals surface area contributed by atoms with Crippen molar-refractivity contribution in [2.24, 2.45) is 5.92 Å². The minimum atomic E-state index is 0.00706. The molecule has 0 heterocycles. The summed E-state index contributed by atoms with van der Waals surface area (Å²) in [5.41, 5.74) is 0. The summed E-state index contributed by atoms with van der Waals surface area (Å²) in [5.74, 6) is 0.758. The van der Waals surface area contributed by atoms with Crippen molar-refractivity contribution in [1.82, 2.24) is 0 Å². The van der Waals surface area contributed by atoms with Crippen molar-refractivity contribution < 1.29 is 9.53 Å². The number of esters is 1. The summed E-state index contributed by atoms with van der Waals surface area (Å²) in [6.07, 6.45) is 21.5. The van der Waals surface area contributed by atoms with Gasteiger partial charge in [0, 0.05) is 6.42 Å². The largest absolute Gasteiger partial charge is 0.466 e. The lowest BCUT2D eigenvalue weighted by molar-refractivity contribution is -0.143. The van der Waals surface area contributed by atoms with Crippen LogP contribution in [0.2, 0.25) is 0 Å². The highest BCUT2D eigenvalue weighted by Gasteiger charge is 2.03. The zero-order valence-corrected chi connectivity index (χ0v) is 17.6. The van der Waals surface area contributed by atoms with Crippen LogP contribution in [-0.2, 0) is 9.53 Å². The first-order valence-electron chi connectivity index (χ1n) is 11.3. The summed E-state index contributed by atoms with van der Waals surface area (Å²) in [6, 6.07) is 0. The maximum atomic E-state index is 11.6. The Morgan fingerprint density at radius 1 is 0.680 bits per heavy atom. The Kier molecular flexibility index (Phi) is 19.4. The first-order chi connectivity index (χ1) is 12.2. The average molecular weight is 355 g/mol. The Hall–Kier alpha value is -0.530. The molecule has 0 aromatic rings. The highest BCUT2D eigenvalue weighted by molar-refractivity contribution is 5.69. The van der Waals surface area contributed by atoms with Gasteiger partial charge in [-0.3, -0.25) is 4.79 Å². The Morgan fingerprint density at radius 3 is 1.64 bits per heavy atom. The zero-order valence-electron chi connectivity index (χ0n) is 17.6. The van der Waals surface area contributed by atoms with Gasteiger partial charge in [0.25, 0.3) is 0 Å². The molecule has 0 aromatic heterocycles. The molecule has 0 amide bonds. The topological polar surface area (TPSA) is 26.3 Å². The van der Waals surface area contributed by atoms with Crippen LogP contribution in [0.5, 0.6) is 0 Å². The molecule has 150 valence electrons. The summed E-state index contributed by atoms with van der Waals surface area (Å²) in [4.78, 5) is 11.6. The molecule has 0 fully saturated rings. The van der Waals surface area contributed by atoms with Gasteiger partial charge in [-0.2, -0.15) is 0 Å². The highest BCUT2D eigenvalue weighted by Crippen LogP contribution is 2.13. The van der Waals surface area contributed by atoms with Gasteiger partial charge in [0.15, 0.2) is 0 Å². The molecule has 0 saturated carbocycles. The molecule has 2 heteroatoms. The predicted octanol–water partition coefficient (Wildman–Crippen LogP) is 7.84. The lowest BCUT2D eigenvalue weighted by atomic mass is 10.0. The van der Waals surface area contributed by atoms with Gasteiger partial charge in [0.2, 0.25) is 0 Å². The van der Waals surface area contributed by atoms with E-state index in [-0.39, 0.29) is 5.97 Å².